The van der Waals surface area contributed by atoms with Gasteiger partial charge in [0.15, 0.2) is 0 Å². The topological polar surface area (TPSA) is 38.0 Å². The van der Waals surface area contributed by atoms with Crippen LogP contribution in [0.3, 0.4) is 0 Å². The van der Waals surface area contributed by atoms with Gasteiger partial charge in [0, 0.05) is 0 Å². The van der Waals surface area contributed by atoms with E-state index in [9.17, 15) is 0 Å². The number of allylic oxidation sites excluding steroid dienone is 2. The van der Waals surface area contributed by atoms with Crippen LogP contribution in [0.15, 0.2) is 24.3 Å². The third kappa shape index (κ3) is 2.09. The second-order valence-corrected chi connectivity index (χ2v) is 3.33. The van der Waals surface area contributed by atoms with Gasteiger partial charge in [-0.1, -0.05) is 38.2 Å². The molecule has 0 aromatic rings. The molecule has 2 nitrogen and oxygen atoms in total. The predicted molar refractivity (Wildman–Crippen MR) is 55.0 cm³/mol. The summed E-state index contributed by atoms with van der Waals surface area (Å²) in [6.45, 7) is 4.34. The van der Waals surface area contributed by atoms with Crippen LogP contribution in [0.2, 0.25) is 0 Å². The average molecular weight is 189 g/mol. The lowest BCUT2D eigenvalue weighted by molar-refractivity contribution is 0.305. The first-order chi connectivity index (χ1) is 5.21. The normalized spacial score (nSPS) is 27.3. The third-order valence-electron chi connectivity index (χ3n) is 2.40. The summed E-state index contributed by atoms with van der Waals surface area (Å²) in [6, 6.07) is 0. The predicted octanol–water partition coefficient (Wildman–Crippen LogP) is 1.78. The second kappa shape index (κ2) is 4.65. The van der Waals surface area contributed by atoms with Gasteiger partial charge < -0.3 is 0 Å². The van der Waals surface area contributed by atoms with Gasteiger partial charge in [0.25, 0.3) is 0 Å². The van der Waals surface area contributed by atoms with Gasteiger partial charge in [-0.2, -0.15) is 0 Å². The number of nitrogens with two attached hydrogens (primary N) is 1. The van der Waals surface area contributed by atoms with Crippen LogP contribution in [-0.2, 0) is 0 Å². The molecule has 0 aromatic carbocycles. The summed E-state index contributed by atoms with van der Waals surface area (Å²) < 4.78 is 0. The molecule has 0 spiro atoms. The van der Waals surface area contributed by atoms with Crippen LogP contribution < -0.4 is 11.3 Å². The van der Waals surface area contributed by atoms with Crippen molar-refractivity contribution in [2.24, 2.45) is 11.8 Å². The van der Waals surface area contributed by atoms with E-state index in [0.717, 1.165) is 6.42 Å². The molecular formula is C9H17ClN2. The molecular weight excluding hydrogens is 172 g/mol. The van der Waals surface area contributed by atoms with Crippen molar-refractivity contribution < 1.29 is 0 Å². The number of hydrazine groups is 1. The monoisotopic (exact) mass is 188 g/mol. The van der Waals surface area contributed by atoms with Crippen LogP contribution in [0, 0.1) is 5.92 Å². The Bertz CT molecular complexity index is 187. The first kappa shape index (κ1) is 11.7. The van der Waals surface area contributed by atoms with Crippen LogP contribution in [0.4, 0.5) is 0 Å². The van der Waals surface area contributed by atoms with Crippen molar-refractivity contribution in [1.29, 1.82) is 0 Å². The quantitative estimate of drug-likeness (QED) is 0.512. The summed E-state index contributed by atoms with van der Waals surface area (Å²) in [5, 5.41) is 0. The minimum absolute atomic E-state index is 0. The molecule has 1 unspecified atom stereocenters. The zero-order valence-electron chi connectivity index (χ0n) is 7.58. The minimum atomic E-state index is -0.0191. The van der Waals surface area contributed by atoms with E-state index < -0.39 is 0 Å². The largest absolute Gasteiger partial charge is 0.271 e. The fourth-order valence-corrected chi connectivity index (χ4v) is 1.34. The van der Waals surface area contributed by atoms with Crippen LogP contribution in [-0.4, -0.2) is 5.54 Å². The lowest BCUT2D eigenvalue weighted by Gasteiger charge is -2.34. The minimum Gasteiger partial charge on any atom is -0.271 e. The van der Waals surface area contributed by atoms with E-state index in [1.165, 1.54) is 0 Å². The van der Waals surface area contributed by atoms with Crippen molar-refractivity contribution >= 4 is 12.4 Å². The molecule has 1 aliphatic carbocycles. The molecule has 0 aliphatic heterocycles. The van der Waals surface area contributed by atoms with Gasteiger partial charge in [0.05, 0.1) is 5.54 Å². The molecule has 0 amide bonds. The summed E-state index contributed by atoms with van der Waals surface area (Å²) in [5.74, 6) is 6.03. The number of rotatable bonds is 2. The molecule has 0 heterocycles. The Morgan fingerprint density at radius 3 is 2.33 bits per heavy atom. The Balaban J connectivity index is 0.00000121. The maximum Gasteiger partial charge on any atom is 0.0560 e. The maximum atomic E-state index is 5.50. The summed E-state index contributed by atoms with van der Waals surface area (Å²) in [4.78, 5) is 0. The SMILES string of the molecule is CC(C)C1(NN)C=CC=CC1.Cl. The van der Waals surface area contributed by atoms with E-state index in [1.54, 1.807) is 0 Å². The zero-order chi connectivity index (χ0) is 8.32. The molecule has 12 heavy (non-hydrogen) atoms. The van der Waals surface area contributed by atoms with E-state index >= 15 is 0 Å². The number of nitrogens with one attached hydrogen (secondary N) is 1. The Morgan fingerprint density at radius 1 is 1.42 bits per heavy atom. The molecule has 0 aromatic heterocycles. The van der Waals surface area contributed by atoms with Crippen LogP contribution in [0.1, 0.15) is 20.3 Å². The molecule has 1 atom stereocenters. The molecule has 1 rings (SSSR count). The molecule has 3 N–H and O–H groups in total. The molecule has 0 bridgehead atoms. The van der Waals surface area contributed by atoms with E-state index in [2.05, 4.69) is 37.5 Å². The fourth-order valence-electron chi connectivity index (χ4n) is 1.34. The summed E-state index contributed by atoms with van der Waals surface area (Å²) >= 11 is 0. The first-order valence-electron chi connectivity index (χ1n) is 4.03. The van der Waals surface area contributed by atoms with Crippen LogP contribution in [0.5, 0.6) is 0 Å². The van der Waals surface area contributed by atoms with Crippen molar-refractivity contribution in [2.75, 3.05) is 0 Å². The molecule has 0 fully saturated rings. The van der Waals surface area contributed by atoms with Gasteiger partial charge >= 0.3 is 0 Å². The van der Waals surface area contributed by atoms with E-state index in [1.807, 2.05) is 6.08 Å². The zero-order valence-corrected chi connectivity index (χ0v) is 8.40. The number of hydrogen-bond donors (Lipinski definition) is 2. The van der Waals surface area contributed by atoms with Crippen LogP contribution >= 0.6 is 12.4 Å². The van der Waals surface area contributed by atoms with Crippen LogP contribution in [0.25, 0.3) is 0 Å². The van der Waals surface area contributed by atoms with Crippen molar-refractivity contribution in [2.45, 2.75) is 25.8 Å². The average Bonchev–Trinajstić information content (AvgIpc) is 2.05. The first-order valence-corrected chi connectivity index (χ1v) is 4.03. The maximum absolute atomic E-state index is 5.50. The van der Waals surface area contributed by atoms with Crippen molar-refractivity contribution in [3.8, 4) is 0 Å². The number of hydrogen-bond acceptors (Lipinski definition) is 2. The Morgan fingerprint density at radius 2 is 2.08 bits per heavy atom. The van der Waals surface area contributed by atoms with E-state index in [0.29, 0.717) is 5.92 Å². The van der Waals surface area contributed by atoms with Crippen molar-refractivity contribution in [3.63, 3.8) is 0 Å². The molecule has 1 aliphatic rings. The molecule has 0 radical (unpaired) electrons. The molecule has 70 valence electrons. The van der Waals surface area contributed by atoms with Crippen molar-refractivity contribution in [1.82, 2.24) is 5.43 Å². The smallest absolute Gasteiger partial charge is 0.0560 e. The highest BCUT2D eigenvalue weighted by Crippen LogP contribution is 2.24. The van der Waals surface area contributed by atoms with Gasteiger partial charge in [-0.15, -0.1) is 12.4 Å². The Labute approximate surface area is 80.3 Å². The van der Waals surface area contributed by atoms with E-state index in [-0.39, 0.29) is 17.9 Å². The molecule has 0 saturated carbocycles. The van der Waals surface area contributed by atoms with Crippen molar-refractivity contribution in [3.05, 3.63) is 24.3 Å². The Hall–Kier alpha value is -0.310. The second-order valence-electron chi connectivity index (χ2n) is 3.33. The molecule has 0 saturated heterocycles. The lowest BCUT2D eigenvalue weighted by Crippen LogP contribution is -2.51. The van der Waals surface area contributed by atoms with E-state index in [4.69, 9.17) is 5.84 Å². The van der Waals surface area contributed by atoms with Gasteiger partial charge in [-0.3, -0.25) is 5.84 Å². The van der Waals surface area contributed by atoms with Gasteiger partial charge in [0.1, 0.15) is 0 Å². The highest BCUT2D eigenvalue weighted by molar-refractivity contribution is 5.85. The van der Waals surface area contributed by atoms with Gasteiger partial charge in [-0.25, -0.2) is 5.43 Å². The summed E-state index contributed by atoms with van der Waals surface area (Å²) in [6.07, 6.45) is 9.36. The number of halogens is 1. The Kier molecular flexibility index (Phi) is 4.53. The lowest BCUT2D eigenvalue weighted by atomic mass is 9.81. The summed E-state index contributed by atoms with van der Waals surface area (Å²) in [5.41, 5.74) is 2.86. The standard InChI is InChI=1S/C9H16N2.ClH/c1-8(2)9(11-10)6-4-3-5-7-9;/h3-6,8,11H,7,10H2,1-2H3;1H. The third-order valence-corrected chi connectivity index (χ3v) is 2.40. The van der Waals surface area contributed by atoms with Gasteiger partial charge in [-0.05, 0) is 12.3 Å². The fraction of sp³-hybridized carbons (Fsp3) is 0.556. The highest BCUT2D eigenvalue weighted by Gasteiger charge is 2.28. The van der Waals surface area contributed by atoms with Gasteiger partial charge in [0.2, 0.25) is 0 Å². The highest BCUT2D eigenvalue weighted by atomic mass is 35.5. The summed E-state index contributed by atoms with van der Waals surface area (Å²) in [7, 11) is 0. The molecule has 3 heteroatoms.